The van der Waals surface area contributed by atoms with Crippen molar-refractivity contribution in [1.29, 1.82) is 0 Å². The number of hydrogen-bond acceptors (Lipinski definition) is 8. The van der Waals surface area contributed by atoms with Crippen LogP contribution in [0.15, 0.2) is 35.1 Å². The first-order valence-electron chi connectivity index (χ1n) is 11.1. The molecule has 0 amide bonds. The van der Waals surface area contributed by atoms with Crippen LogP contribution >= 0.6 is 0 Å². The number of anilines is 1. The molecule has 38 heavy (non-hydrogen) atoms. The molecule has 212 valence electrons. The fourth-order valence-corrected chi connectivity index (χ4v) is 3.84. The Kier molecular flexibility index (Phi) is 10.5. The molecule has 0 bridgehead atoms. The maximum absolute atomic E-state index is 10.6. The van der Waals surface area contributed by atoms with Crippen molar-refractivity contribution in [3.8, 4) is 0 Å². The van der Waals surface area contributed by atoms with E-state index in [2.05, 4.69) is 25.8 Å². The molecule has 10 nitrogen and oxygen atoms in total. The fraction of sp³-hybridized carbons (Fsp3) is 0.545. The highest BCUT2D eigenvalue weighted by molar-refractivity contribution is 5.73. The number of furan rings is 1. The number of carboxylic acid groups (broad SMARTS) is 2. The summed E-state index contributed by atoms with van der Waals surface area (Å²) in [7, 11) is 0. The van der Waals surface area contributed by atoms with Crippen molar-refractivity contribution in [3.05, 3.63) is 42.2 Å². The highest BCUT2D eigenvalue weighted by Crippen LogP contribution is 2.31. The average molecular weight is 556 g/mol. The largest absolute Gasteiger partial charge is 0.490 e. The summed E-state index contributed by atoms with van der Waals surface area (Å²) in [6, 6.07) is 4.10. The normalized spacial score (nSPS) is 20.1. The summed E-state index contributed by atoms with van der Waals surface area (Å²) in [4.78, 5) is 31.2. The van der Waals surface area contributed by atoms with Crippen LogP contribution in [0.1, 0.15) is 24.4 Å². The number of aromatic nitrogens is 2. The smallest absolute Gasteiger partial charge is 0.475 e. The second-order valence-corrected chi connectivity index (χ2v) is 8.45. The molecule has 0 aromatic carbocycles. The van der Waals surface area contributed by atoms with E-state index < -0.39 is 24.3 Å². The monoisotopic (exact) mass is 556 g/mol. The summed E-state index contributed by atoms with van der Waals surface area (Å²) < 4.78 is 75.5. The number of carboxylic acids is 2. The number of carbonyl (C=O) groups is 2. The van der Waals surface area contributed by atoms with Gasteiger partial charge >= 0.3 is 24.3 Å². The predicted octanol–water partition coefficient (Wildman–Crippen LogP) is 3.52. The molecule has 2 fully saturated rings. The molecular weight excluding hydrogens is 530 g/mol. The number of nitrogens with zero attached hydrogens (tertiary/aromatic N) is 4. The summed E-state index contributed by atoms with van der Waals surface area (Å²) in [5.41, 5.74) is -0.115. The first-order valence-corrected chi connectivity index (χ1v) is 11.1. The van der Waals surface area contributed by atoms with Crippen molar-refractivity contribution in [3.63, 3.8) is 0 Å². The van der Waals surface area contributed by atoms with Gasteiger partial charge in [0.15, 0.2) is 0 Å². The average Bonchev–Trinajstić information content (AvgIpc) is 3.23. The predicted molar refractivity (Wildman–Crippen MR) is 118 cm³/mol. The third-order valence-corrected chi connectivity index (χ3v) is 5.40. The molecule has 2 aliphatic rings. The van der Waals surface area contributed by atoms with Crippen LogP contribution in [0.3, 0.4) is 0 Å². The number of halogens is 6. The van der Waals surface area contributed by atoms with Crippen molar-refractivity contribution in [2.75, 3.05) is 37.7 Å². The molecule has 0 aliphatic carbocycles. The number of aryl methyl sites for hydroxylation is 1. The van der Waals surface area contributed by atoms with E-state index in [0.29, 0.717) is 0 Å². The van der Waals surface area contributed by atoms with Gasteiger partial charge in [-0.1, -0.05) is 0 Å². The van der Waals surface area contributed by atoms with Crippen LogP contribution in [-0.2, 0) is 20.9 Å². The number of alkyl halides is 6. The summed E-state index contributed by atoms with van der Waals surface area (Å²) in [5.74, 6) is -2.57. The Hall–Kier alpha value is -3.40. The van der Waals surface area contributed by atoms with E-state index in [0.717, 1.165) is 69.5 Å². The van der Waals surface area contributed by atoms with E-state index in [-0.39, 0.29) is 5.60 Å². The van der Waals surface area contributed by atoms with Gasteiger partial charge in [0.25, 0.3) is 0 Å². The summed E-state index contributed by atoms with van der Waals surface area (Å²) in [6.07, 6.45) is -2.65. The Morgan fingerprint density at radius 3 is 2.16 bits per heavy atom. The third kappa shape index (κ3) is 9.81. The number of hydrogen-bond donors (Lipinski definition) is 2. The molecule has 4 heterocycles. The zero-order chi connectivity index (χ0) is 28.6. The zero-order valence-corrected chi connectivity index (χ0v) is 20.1. The number of piperidine rings is 1. The van der Waals surface area contributed by atoms with Gasteiger partial charge in [-0.2, -0.15) is 26.3 Å². The van der Waals surface area contributed by atoms with Gasteiger partial charge in [-0.15, -0.1) is 0 Å². The van der Waals surface area contributed by atoms with Crippen LogP contribution in [0.5, 0.6) is 0 Å². The van der Waals surface area contributed by atoms with Crippen LogP contribution in [0.4, 0.5) is 32.2 Å². The maximum Gasteiger partial charge on any atom is 0.490 e. The lowest BCUT2D eigenvalue weighted by molar-refractivity contribution is -0.193. The Morgan fingerprint density at radius 2 is 1.66 bits per heavy atom. The van der Waals surface area contributed by atoms with Crippen LogP contribution in [0, 0.1) is 6.92 Å². The highest BCUT2D eigenvalue weighted by atomic mass is 19.4. The van der Waals surface area contributed by atoms with Crippen molar-refractivity contribution in [2.24, 2.45) is 0 Å². The summed E-state index contributed by atoms with van der Waals surface area (Å²) >= 11 is 0. The highest BCUT2D eigenvalue weighted by Gasteiger charge is 2.41. The molecule has 2 aromatic heterocycles. The number of morpholine rings is 1. The quantitative estimate of drug-likeness (QED) is 0.542. The van der Waals surface area contributed by atoms with E-state index in [1.807, 2.05) is 19.2 Å². The van der Waals surface area contributed by atoms with Gasteiger partial charge in [-0.3, -0.25) is 9.88 Å². The van der Waals surface area contributed by atoms with Crippen molar-refractivity contribution < 1.29 is 55.3 Å². The number of ether oxygens (including phenoxy) is 1. The Balaban J connectivity index is 0.000000301. The van der Waals surface area contributed by atoms with Gasteiger partial charge in [0.05, 0.1) is 24.9 Å². The Bertz CT molecular complexity index is 1020. The molecule has 2 N–H and O–H groups in total. The molecular formula is C22H26F6N4O6. The van der Waals surface area contributed by atoms with E-state index in [1.165, 1.54) is 0 Å². The molecule has 4 rings (SSSR count). The molecule has 0 radical (unpaired) electrons. The van der Waals surface area contributed by atoms with Gasteiger partial charge < -0.3 is 24.3 Å². The SMILES string of the molecule is Cc1ccc(CN2CCOC3(CCCN(c4cnccn4)C3)C2)o1.O=C(O)C(F)(F)F.O=C(O)C(F)(F)F. The number of rotatable bonds is 3. The van der Waals surface area contributed by atoms with Crippen LogP contribution in [0.25, 0.3) is 0 Å². The minimum atomic E-state index is -5.08. The van der Waals surface area contributed by atoms with Gasteiger partial charge in [0.1, 0.15) is 17.3 Å². The first-order chi connectivity index (χ1) is 17.6. The lowest BCUT2D eigenvalue weighted by Crippen LogP contribution is -2.59. The van der Waals surface area contributed by atoms with E-state index in [4.69, 9.17) is 29.0 Å². The molecule has 1 atom stereocenters. The Labute approximate surface area is 212 Å². The minimum Gasteiger partial charge on any atom is -0.475 e. The topological polar surface area (TPSA) is 129 Å². The number of aliphatic carboxylic acids is 2. The molecule has 2 aromatic rings. The molecule has 0 saturated carbocycles. The van der Waals surface area contributed by atoms with Crippen molar-refractivity contribution >= 4 is 17.8 Å². The van der Waals surface area contributed by atoms with Gasteiger partial charge in [0.2, 0.25) is 0 Å². The van der Waals surface area contributed by atoms with Crippen LogP contribution < -0.4 is 4.90 Å². The first kappa shape index (κ1) is 30.8. The molecule has 16 heteroatoms. The standard InChI is InChI=1S/C18H24N4O2.2C2HF3O2/c1-15-3-4-16(24-15)12-21-9-10-23-18(13-21)5-2-8-22(14-18)17-11-19-6-7-20-17;2*3-2(4,5)1(6)7/h3-4,6-7,11H,2,5,8-10,12-14H2,1H3;2*(H,6,7). The lowest BCUT2D eigenvalue weighted by atomic mass is 9.90. The van der Waals surface area contributed by atoms with Crippen molar-refractivity contribution in [1.82, 2.24) is 14.9 Å². The van der Waals surface area contributed by atoms with Crippen LogP contribution in [-0.4, -0.2) is 87.8 Å². The van der Waals surface area contributed by atoms with Gasteiger partial charge in [-0.05, 0) is 31.9 Å². The summed E-state index contributed by atoms with van der Waals surface area (Å²) in [6.45, 7) is 7.39. The molecule has 1 unspecified atom stereocenters. The molecule has 2 saturated heterocycles. The lowest BCUT2D eigenvalue weighted by Gasteiger charge is -2.48. The van der Waals surface area contributed by atoms with Gasteiger partial charge in [0, 0.05) is 38.6 Å². The molecule has 1 spiro atoms. The minimum absolute atomic E-state index is 0.115. The van der Waals surface area contributed by atoms with E-state index in [1.54, 1.807) is 12.4 Å². The van der Waals surface area contributed by atoms with Crippen molar-refractivity contribution in [2.45, 2.75) is 44.3 Å². The van der Waals surface area contributed by atoms with Crippen LogP contribution in [0.2, 0.25) is 0 Å². The Morgan fingerprint density at radius 1 is 1.03 bits per heavy atom. The zero-order valence-electron chi connectivity index (χ0n) is 20.1. The van der Waals surface area contributed by atoms with E-state index >= 15 is 0 Å². The second kappa shape index (κ2) is 12.9. The second-order valence-electron chi connectivity index (χ2n) is 8.45. The fourth-order valence-electron chi connectivity index (χ4n) is 3.84. The molecule has 2 aliphatic heterocycles. The third-order valence-electron chi connectivity index (χ3n) is 5.40. The maximum atomic E-state index is 10.6. The van der Waals surface area contributed by atoms with E-state index in [9.17, 15) is 26.3 Å². The van der Waals surface area contributed by atoms with Gasteiger partial charge in [-0.25, -0.2) is 14.6 Å². The summed E-state index contributed by atoms with van der Waals surface area (Å²) in [5, 5.41) is 14.2.